The second-order valence-corrected chi connectivity index (χ2v) is 7.34. The van der Waals surface area contributed by atoms with Crippen molar-refractivity contribution in [1.29, 1.82) is 0 Å². The summed E-state index contributed by atoms with van der Waals surface area (Å²) in [4.78, 5) is 28.1. The van der Waals surface area contributed by atoms with Crippen molar-refractivity contribution in [2.24, 2.45) is 0 Å². The van der Waals surface area contributed by atoms with Crippen molar-refractivity contribution in [3.8, 4) is 11.4 Å². The van der Waals surface area contributed by atoms with Crippen molar-refractivity contribution in [2.75, 3.05) is 6.54 Å². The van der Waals surface area contributed by atoms with Crippen LogP contribution in [0.2, 0.25) is 0 Å². The second-order valence-electron chi connectivity index (χ2n) is 7.34. The molecule has 32 heavy (non-hydrogen) atoms. The number of hydrogen-bond donors (Lipinski definition) is 0. The van der Waals surface area contributed by atoms with Gasteiger partial charge in [0.15, 0.2) is 5.82 Å². The van der Waals surface area contributed by atoms with Crippen LogP contribution < -0.4 is 0 Å². The number of nitrogens with zero attached hydrogens (tertiary/aromatic N) is 5. The monoisotopic (exact) mass is 459 g/mol. The number of carbonyl (C=O) groups excluding carboxylic acids is 2. The van der Waals surface area contributed by atoms with Crippen molar-refractivity contribution in [1.82, 2.24) is 24.8 Å². The Morgan fingerprint density at radius 2 is 1.66 bits per heavy atom. The van der Waals surface area contributed by atoms with Gasteiger partial charge in [0.05, 0.1) is 23.7 Å². The molecule has 4 rings (SSSR count). The van der Waals surface area contributed by atoms with Gasteiger partial charge in [-0.15, -0.1) is 5.10 Å². The van der Waals surface area contributed by atoms with Crippen LogP contribution in [0.3, 0.4) is 0 Å². The Balaban J connectivity index is 1.56. The van der Waals surface area contributed by atoms with E-state index < -0.39 is 35.0 Å². The number of alkyl halides is 6. The molecule has 2 fully saturated rings. The molecule has 0 N–H and O–H groups in total. The smallest absolute Gasteiger partial charge is 0.273 e. The molecule has 7 nitrogen and oxygen atoms in total. The normalized spacial score (nSPS) is 17.6. The van der Waals surface area contributed by atoms with E-state index in [2.05, 4.69) is 10.1 Å². The summed E-state index contributed by atoms with van der Waals surface area (Å²) < 4.78 is 79.2. The highest BCUT2D eigenvalue weighted by molar-refractivity contribution is 5.93. The Morgan fingerprint density at radius 3 is 2.22 bits per heavy atom. The Hall–Kier alpha value is -3.38. The van der Waals surface area contributed by atoms with E-state index in [9.17, 15) is 35.9 Å². The third-order valence-corrected chi connectivity index (χ3v) is 4.92. The van der Waals surface area contributed by atoms with E-state index in [-0.39, 0.29) is 36.8 Å². The van der Waals surface area contributed by atoms with Gasteiger partial charge in [0.2, 0.25) is 5.91 Å². The van der Waals surface area contributed by atoms with E-state index >= 15 is 0 Å². The molecule has 2 heterocycles. The molecule has 1 aromatic heterocycles. The molecule has 2 aliphatic rings. The highest BCUT2D eigenvalue weighted by atomic mass is 19.4. The minimum absolute atomic E-state index is 0.00376. The van der Waals surface area contributed by atoms with Gasteiger partial charge in [0, 0.05) is 24.3 Å². The highest BCUT2D eigenvalue weighted by Crippen LogP contribution is 2.38. The first-order chi connectivity index (χ1) is 14.9. The zero-order valence-electron chi connectivity index (χ0n) is 16.2. The molecule has 1 saturated heterocycles. The lowest BCUT2D eigenvalue weighted by molar-refractivity contribution is -0.151. The summed E-state index contributed by atoms with van der Waals surface area (Å²) in [5.74, 6) is -1.03. The minimum Gasteiger partial charge on any atom is -0.273 e. The van der Waals surface area contributed by atoms with Crippen LogP contribution in [0.4, 0.5) is 26.3 Å². The minimum atomic E-state index is -4.99. The fourth-order valence-electron chi connectivity index (χ4n) is 3.28. The van der Waals surface area contributed by atoms with E-state index in [0.29, 0.717) is 12.1 Å². The van der Waals surface area contributed by atoms with Gasteiger partial charge in [-0.05, 0) is 31.0 Å². The molecule has 1 saturated carbocycles. The van der Waals surface area contributed by atoms with Crippen molar-refractivity contribution < 1.29 is 35.9 Å². The lowest BCUT2D eigenvalue weighted by Crippen LogP contribution is -2.43. The van der Waals surface area contributed by atoms with E-state index in [4.69, 9.17) is 0 Å². The molecule has 170 valence electrons. The molecule has 1 aliphatic carbocycles. The van der Waals surface area contributed by atoms with Gasteiger partial charge >= 0.3 is 12.4 Å². The van der Waals surface area contributed by atoms with Crippen LogP contribution in [0.1, 0.15) is 30.4 Å². The van der Waals surface area contributed by atoms with Gasteiger partial charge in [-0.25, -0.2) is 19.7 Å². The van der Waals surface area contributed by atoms with Crippen LogP contribution in [0.15, 0.2) is 30.6 Å². The maximum Gasteiger partial charge on any atom is 0.416 e. The largest absolute Gasteiger partial charge is 0.416 e. The second kappa shape index (κ2) is 7.64. The molecule has 0 radical (unpaired) electrons. The van der Waals surface area contributed by atoms with Crippen LogP contribution in [-0.2, 0) is 21.9 Å². The zero-order chi connectivity index (χ0) is 23.3. The van der Waals surface area contributed by atoms with Crippen LogP contribution in [-0.4, -0.2) is 49.2 Å². The maximum absolute atomic E-state index is 13.0. The van der Waals surface area contributed by atoms with Gasteiger partial charge in [-0.3, -0.25) is 9.59 Å². The number of hydrogen-bond acceptors (Lipinski definition) is 4. The van der Waals surface area contributed by atoms with Crippen LogP contribution in [0.5, 0.6) is 0 Å². The molecule has 0 atom stereocenters. The van der Waals surface area contributed by atoms with E-state index in [1.807, 2.05) is 0 Å². The molecule has 0 bridgehead atoms. The summed E-state index contributed by atoms with van der Waals surface area (Å²) in [6, 6.07) is 1.06. The predicted octanol–water partition coefficient (Wildman–Crippen LogP) is 3.59. The van der Waals surface area contributed by atoms with Gasteiger partial charge in [-0.2, -0.15) is 26.3 Å². The quantitative estimate of drug-likeness (QED) is 0.518. The number of halogens is 6. The topological polar surface area (TPSA) is 71.3 Å². The summed E-state index contributed by atoms with van der Waals surface area (Å²) in [5, 5.41) is 6.56. The number of amides is 2. The summed E-state index contributed by atoms with van der Waals surface area (Å²) >= 11 is 0. The van der Waals surface area contributed by atoms with Crippen LogP contribution in [0, 0.1) is 0 Å². The van der Waals surface area contributed by atoms with Crippen molar-refractivity contribution >= 4 is 18.0 Å². The summed E-state index contributed by atoms with van der Waals surface area (Å²) in [6.45, 7) is 0.228. The average molecular weight is 459 g/mol. The highest BCUT2D eigenvalue weighted by Gasteiger charge is 2.42. The van der Waals surface area contributed by atoms with Gasteiger partial charge in [-0.1, -0.05) is 0 Å². The lowest BCUT2D eigenvalue weighted by Gasteiger charge is -2.26. The first-order valence-corrected chi connectivity index (χ1v) is 9.46. The van der Waals surface area contributed by atoms with Crippen molar-refractivity contribution in [3.63, 3.8) is 0 Å². The van der Waals surface area contributed by atoms with Gasteiger partial charge in [0.1, 0.15) is 6.33 Å². The number of benzene rings is 1. The summed E-state index contributed by atoms with van der Waals surface area (Å²) in [6.07, 6.45) is -4.87. The van der Waals surface area contributed by atoms with Crippen LogP contribution >= 0.6 is 0 Å². The van der Waals surface area contributed by atoms with Gasteiger partial charge in [0.25, 0.3) is 5.91 Å². The molecule has 0 spiro atoms. The van der Waals surface area contributed by atoms with Gasteiger partial charge < -0.3 is 0 Å². The zero-order valence-corrected chi connectivity index (χ0v) is 16.2. The SMILES string of the molecule is O=C(C=Cn1cnc(-c2cc(C(F)(F)F)cc(C(F)(F)F)c2)n1)N1CCC(=O)N1C1CC1. The Kier molecular flexibility index (Phi) is 5.21. The Morgan fingerprint density at radius 1 is 1.03 bits per heavy atom. The molecule has 1 aromatic carbocycles. The third-order valence-electron chi connectivity index (χ3n) is 4.92. The lowest BCUT2D eigenvalue weighted by atomic mass is 10.0. The Bertz CT molecular complexity index is 1050. The first-order valence-electron chi connectivity index (χ1n) is 9.46. The maximum atomic E-state index is 13.0. The number of carbonyl (C=O) groups is 2. The molecule has 2 aromatic rings. The van der Waals surface area contributed by atoms with E-state index in [1.54, 1.807) is 0 Å². The summed E-state index contributed by atoms with van der Waals surface area (Å²) in [7, 11) is 0. The van der Waals surface area contributed by atoms with E-state index in [0.717, 1.165) is 36.1 Å². The first kappa shape index (κ1) is 21.8. The summed E-state index contributed by atoms with van der Waals surface area (Å²) in [5.41, 5.74) is -3.44. The standard InChI is InChI=1S/C19H15F6N5O2/c20-18(21,22)12-7-11(8-13(9-12)19(23,24)25)17-26-10-28(27-17)5-3-15(31)29-6-4-16(32)30(29)14-1-2-14/h3,5,7-10,14H,1-2,4,6H2. The Labute approximate surface area is 176 Å². The molecule has 0 unspecified atom stereocenters. The predicted molar refractivity (Wildman–Crippen MR) is 97.0 cm³/mol. The molecular weight excluding hydrogens is 444 g/mol. The number of rotatable bonds is 4. The van der Waals surface area contributed by atoms with Crippen molar-refractivity contribution in [3.05, 3.63) is 41.7 Å². The number of hydrazine groups is 1. The third kappa shape index (κ3) is 4.46. The fraction of sp³-hybridized carbons (Fsp3) is 0.368. The van der Waals surface area contributed by atoms with Crippen LogP contribution in [0.25, 0.3) is 17.6 Å². The van der Waals surface area contributed by atoms with Crippen molar-refractivity contribution in [2.45, 2.75) is 37.7 Å². The molecular formula is C19H15F6N5O2. The number of aromatic nitrogens is 3. The molecule has 1 aliphatic heterocycles. The molecule has 13 heteroatoms. The molecule has 2 amide bonds. The van der Waals surface area contributed by atoms with E-state index in [1.165, 1.54) is 10.0 Å². The fourth-order valence-corrected chi connectivity index (χ4v) is 3.28. The average Bonchev–Trinajstić information content (AvgIpc) is 3.29.